The zero-order chi connectivity index (χ0) is 11.7. The van der Waals surface area contributed by atoms with Gasteiger partial charge in [-0.2, -0.15) is 0 Å². The normalized spacial score (nSPS) is 10.9. The Balaban J connectivity index is 1.97. The lowest BCUT2D eigenvalue weighted by Gasteiger charge is -2.03. The minimum Gasteiger partial charge on any atom is -0.317 e. The zero-order valence-corrected chi connectivity index (χ0v) is 9.10. The Labute approximate surface area is 98.3 Å². The van der Waals surface area contributed by atoms with Crippen LogP contribution < -0.4 is 0 Å². The summed E-state index contributed by atoms with van der Waals surface area (Å²) in [4.78, 5) is 4.20. The van der Waals surface area contributed by atoms with E-state index in [0.29, 0.717) is 6.54 Å². The second-order valence-electron chi connectivity index (χ2n) is 3.91. The Morgan fingerprint density at radius 3 is 2.65 bits per heavy atom. The molecule has 0 amide bonds. The molecule has 3 aromatic rings. The van der Waals surface area contributed by atoms with Gasteiger partial charge in [-0.3, -0.25) is 0 Å². The van der Waals surface area contributed by atoms with E-state index in [1.165, 1.54) is 12.1 Å². The Morgan fingerprint density at radius 1 is 1.06 bits per heavy atom. The van der Waals surface area contributed by atoms with Crippen molar-refractivity contribution in [2.75, 3.05) is 0 Å². The SMILES string of the molecule is Fc1ccc(Cn2[c]nc3ccccc32)cc1. The van der Waals surface area contributed by atoms with E-state index < -0.39 is 0 Å². The van der Waals surface area contributed by atoms with E-state index in [1.54, 1.807) is 12.1 Å². The monoisotopic (exact) mass is 225 g/mol. The Kier molecular flexibility index (Phi) is 2.37. The molecule has 0 atom stereocenters. The van der Waals surface area contributed by atoms with Crippen molar-refractivity contribution in [1.82, 2.24) is 9.55 Å². The van der Waals surface area contributed by atoms with Crippen LogP contribution in [-0.4, -0.2) is 9.55 Å². The van der Waals surface area contributed by atoms with E-state index >= 15 is 0 Å². The molecule has 1 heterocycles. The molecule has 0 saturated heterocycles. The molecule has 0 N–H and O–H groups in total. The molecule has 0 fully saturated rings. The minimum atomic E-state index is -0.215. The summed E-state index contributed by atoms with van der Waals surface area (Å²) in [5.41, 5.74) is 3.00. The van der Waals surface area contributed by atoms with E-state index in [1.807, 2.05) is 28.8 Å². The van der Waals surface area contributed by atoms with E-state index in [9.17, 15) is 4.39 Å². The first-order chi connectivity index (χ1) is 8.33. The maximum atomic E-state index is 12.8. The molecule has 0 unspecified atom stereocenters. The van der Waals surface area contributed by atoms with Crippen LogP contribution >= 0.6 is 0 Å². The number of halogens is 1. The van der Waals surface area contributed by atoms with Crippen LogP contribution in [0.2, 0.25) is 0 Å². The Morgan fingerprint density at radius 2 is 1.82 bits per heavy atom. The molecule has 0 bridgehead atoms. The molecule has 17 heavy (non-hydrogen) atoms. The van der Waals surface area contributed by atoms with Gasteiger partial charge in [0, 0.05) is 6.54 Å². The molecule has 2 aromatic carbocycles. The predicted molar refractivity (Wildman–Crippen MR) is 64.1 cm³/mol. The zero-order valence-electron chi connectivity index (χ0n) is 9.10. The van der Waals surface area contributed by atoms with Crippen LogP contribution in [0.4, 0.5) is 4.39 Å². The molecule has 3 rings (SSSR count). The maximum absolute atomic E-state index is 12.8. The second kappa shape index (κ2) is 4.01. The van der Waals surface area contributed by atoms with Crippen LogP contribution in [0.1, 0.15) is 5.56 Å². The molecule has 2 nitrogen and oxygen atoms in total. The smallest absolute Gasteiger partial charge is 0.177 e. The first kappa shape index (κ1) is 10.0. The number of rotatable bonds is 2. The third kappa shape index (κ3) is 1.91. The van der Waals surface area contributed by atoms with Crippen molar-refractivity contribution in [3.63, 3.8) is 0 Å². The quantitative estimate of drug-likeness (QED) is 0.655. The number of hydrogen-bond donors (Lipinski definition) is 0. The standard InChI is InChI=1S/C14H10FN2/c15-12-7-5-11(6-8-12)9-17-10-16-13-3-1-2-4-14(13)17/h1-8H,9H2. The van der Waals surface area contributed by atoms with Gasteiger partial charge < -0.3 is 4.57 Å². The van der Waals surface area contributed by atoms with Crippen LogP contribution in [-0.2, 0) is 6.54 Å². The van der Waals surface area contributed by atoms with Gasteiger partial charge in [-0.25, -0.2) is 9.37 Å². The number of fused-ring (bicyclic) bond motifs is 1. The van der Waals surface area contributed by atoms with Crippen molar-refractivity contribution in [2.24, 2.45) is 0 Å². The number of imidazole rings is 1. The van der Waals surface area contributed by atoms with Crippen molar-refractivity contribution >= 4 is 11.0 Å². The van der Waals surface area contributed by atoms with Crippen molar-refractivity contribution in [1.29, 1.82) is 0 Å². The van der Waals surface area contributed by atoms with Crippen molar-refractivity contribution in [3.8, 4) is 0 Å². The number of benzene rings is 2. The Bertz CT molecular complexity index is 641. The molecule has 1 aromatic heterocycles. The third-order valence-corrected chi connectivity index (χ3v) is 2.72. The molecule has 0 aliphatic heterocycles. The maximum Gasteiger partial charge on any atom is 0.177 e. The van der Waals surface area contributed by atoms with Gasteiger partial charge in [0.25, 0.3) is 0 Å². The van der Waals surface area contributed by atoms with Gasteiger partial charge in [-0.1, -0.05) is 24.3 Å². The van der Waals surface area contributed by atoms with Gasteiger partial charge >= 0.3 is 0 Å². The average molecular weight is 225 g/mol. The molecular weight excluding hydrogens is 215 g/mol. The Hall–Kier alpha value is -2.16. The molecule has 0 spiro atoms. The fourth-order valence-corrected chi connectivity index (χ4v) is 1.85. The van der Waals surface area contributed by atoms with Crippen LogP contribution in [0, 0.1) is 12.1 Å². The first-order valence-corrected chi connectivity index (χ1v) is 5.40. The van der Waals surface area contributed by atoms with Gasteiger partial charge in [0.15, 0.2) is 6.33 Å². The van der Waals surface area contributed by atoms with Gasteiger partial charge in [0.05, 0.1) is 11.0 Å². The van der Waals surface area contributed by atoms with Gasteiger partial charge in [0.2, 0.25) is 0 Å². The predicted octanol–water partition coefficient (Wildman–Crippen LogP) is 3.02. The van der Waals surface area contributed by atoms with Crippen LogP contribution in [0.5, 0.6) is 0 Å². The highest BCUT2D eigenvalue weighted by Gasteiger charge is 2.02. The fraction of sp³-hybridized carbons (Fsp3) is 0.0714. The summed E-state index contributed by atoms with van der Waals surface area (Å²) in [7, 11) is 0. The summed E-state index contributed by atoms with van der Waals surface area (Å²) in [5.74, 6) is -0.215. The van der Waals surface area contributed by atoms with Gasteiger partial charge in [-0.15, -0.1) is 0 Å². The van der Waals surface area contributed by atoms with Crippen molar-refractivity contribution in [2.45, 2.75) is 6.54 Å². The number of nitrogens with zero attached hydrogens (tertiary/aromatic N) is 2. The largest absolute Gasteiger partial charge is 0.317 e. The second-order valence-corrected chi connectivity index (χ2v) is 3.91. The van der Waals surface area contributed by atoms with E-state index in [-0.39, 0.29) is 5.82 Å². The average Bonchev–Trinajstić information content (AvgIpc) is 2.76. The molecule has 1 radical (unpaired) electrons. The fourth-order valence-electron chi connectivity index (χ4n) is 1.85. The molecule has 83 valence electrons. The topological polar surface area (TPSA) is 17.8 Å². The summed E-state index contributed by atoms with van der Waals surface area (Å²) in [6, 6.07) is 14.4. The summed E-state index contributed by atoms with van der Waals surface area (Å²) in [6.07, 6.45) is 2.95. The number of hydrogen-bond acceptors (Lipinski definition) is 1. The minimum absolute atomic E-state index is 0.215. The number of aromatic nitrogens is 2. The summed E-state index contributed by atoms with van der Waals surface area (Å²) in [6.45, 7) is 0.654. The molecular formula is C14H10FN2. The van der Waals surface area contributed by atoms with E-state index in [2.05, 4.69) is 11.3 Å². The first-order valence-electron chi connectivity index (χ1n) is 5.40. The highest BCUT2D eigenvalue weighted by molar-refractivity contribution is 5.74. The van der Waals surface area contributed by atoms with E-state index in [0.717, 1.165) is 16.6 Å². The van der Waals surface area contributed by atoms with Crippen molar-refractivity contribution in [3.05, 3.63) is 66.2 Å². The summed E-state index contributed by atoms with van der Waals surface area (Å²) < 4.78 is 14.7. The van der Waals surface area contributed by atoms with Crippen LogP contribution in [0.25, 0.3) is 11.0 Å². The van der Waals surface area contributed by atoms with Crippen molar-refractivity contribution < 1.29 is 4.39 Å². The molecule has 0 aliphatic carbocycles. The third-order valence-electron chi connectivity index (χ3n) is 2.72. The lowest BCUT2D eigenvalue weighted by Crippen LogP contribution is -1.98. The highest BCUT2D eigenvalue weighted by atomic mass is 19.1. The molecule has 0 saturated carbocycles. The van der Waals surface area contributed by atoms with E-state index in [4.69, 9.17) is 0 Å². The van der Waals surface area contributed by atoms with Crippen LogP contribution in [0.3, 0.4) is 0 Å². The highest BCUT2D eigenvalue weighted by Crippen LogP contribution is 2.13. The molecule has 0 aliphatic rings. The van der Waals surface area contributed by atoms with Crippen LogP contribution in [0.15, 0.2) is 48.5 Å². The lowest BCUT2D eigenvalue weighted by atomic mass is 10.2. The van der Waals surface area contributed by atoms with Gasteiger partial charge in [-0.05, 0) is 29.8 Å². The summed E-state index contributed by atoms with van der Waals surface area (Å²) in [5, 5.41) is 0. The summed E-state index contributed by atoms with van der Waals surface area (Å²) >= 11 is 0. The molecule has 3 heteroatoms. The van der Waals surface area contributed by atoms with Gasteiger partial charge in [0.1, 0.15) is 5.82 Å². The lowest BCUT2D eigenvalue weighted by molar-refractivity contribution is 0.626. The number of para-hydroxylation sites is 2.